The Labute approximate surface area is 208 Å². The molecule has 9 nitrogen and oxygen atoms in total. The summed E-state index contributed by atoms with van der Waals surface area (Å²) in [6.45, 7) is 9.57. The van der Waals surface area contributed by atoms with E-state index in [-0.39, 0.29) is 42.8 Å². The molecule has 2 aliphatic heterocycles. The van der Waals surface area contributed by atoms with E-state index in [2.05, 4.69) is 11.2 Å². The number of nitrogens with zero attached hydrogens (tertiary/aromatic N) is 2. The first-order valence-corrected chi connectivity index (χ1v) is 12.4. The van der Waals surface area contributed by atoms with Gasteiger partial charge in [-0.2, -0.15) is 0 Å². The molecule has 2 atom stereocenters. The minimum Gasteiger partial charge on any atom is -0.466 e. The fourth-order valence-electron chi connectivity index (χ4n) is 4.14. The lowest BCUT2D eigenvalue weighted by molar-refractivity contribution is -0.143. The van der Waals surface area contributed by atoms with Gasteiger partial charge < -0.3 is 24.6 Å². The summed E-state index contributed by atoms with van der Waals surface area (Å²) in [7, 11) is 0. The molecule has 0 aliphatic carbocycles. The van der Waals surface area contributed by atoms with Crippen molar-refractivity contribution in [3.05, 3.63) is 12.2 Å². The lowest BCUT2D eigenvalue weighted by Crippen LogP contribution is -2.47. The summed E-state index contributed by atoms with van der Waals surface area (Å²) in [6, 6.07) is -0.737. The van der Waals surface area contributed by atoms with Crippen LogP contribution in [0.1, 0.15) is 59.8 Å². The van der Waals surface area contributed by atoms with Crippen LogP contribution < -0.4 is 5.32 Å². The van der Waals surface area contributed by atoms with Crippen molar-refractivity contribution in [3.63, 3.8) is 0 Å². The molecule has 0 bridgehead atoms. The highest BCUT2D eigenvalue weighted by Crippen LogP contribution is 2.22. The van der Waals surface area contributed by atoms with Crippen molar-refractivity contribution in [2.24, 2.45) is 11.8 Å². The number of carbonyl (C=O) groups is 4. The summed E-state index contributed by atoms with van der Waals surface area (Å²) in [5.41, 5.74) is -0.522. The largest absolute Gasteiger partial charge is 0.466 e. The Bertz CT molecular complexity index is 833. The highest BCUT2D eigenvalue weighted by molar-refractivity contribution is 5.88. The highest BCUT2D eigenvalue weighted by atomic mass is 16.6. The fraction of sp³-hybridized carbons (Fsp3) is 0.692. The predicted molar refractivity (Wildman–Crippen MR) is 131 cm³/mol. The topological polar surface area (TPSA) is 105 Å². The molecular weight excluding hydrogens is 450 g/mol. The van der Waals surface area contributed by atoms with E-state index in [1.807, 2.05) is 26.8 Å². The van der Waals surface area contributed by atoms with Crippen LogP contribution in [0.2, 0.25) is 0 Å². The maximum Gasteiger partial charge on any atom is 0.410 e. The number of terminal acetylenes is 1. The van der Waals surface area contributed by atoms with Crippen molar-refractivity contribution in [2.45, 2.75) is 71.4 Å². The summed E-state index contributed by atoms with van der Waals surface area (Å²) in [4.78, 5) is 52.7. The molecule has 0 aromatic heterocycles. The molecule has 0 spiro atoms. The molecule has 0 unspecified atom stereocenters. The molecule has 2 rings (SSSR count). The van der Waals surface area contributed by atoms with E-state index in [1.54, 1.807) is 22.8 Å². The maximum absolute atomic E-state index is 12.8. The summed E-state index contributed by atoms with van der Waals surface area (Å²) >= 11 is 0. The van der Waals surface area contributed by atoms with Crippen LogP contribution >= 0.6 is 0 Å². The van der Waals surface area contributed by atoms with Gasteiger partial charge in [0.2, 0.25) is 11.8 Å². The number of rotatable bonds is 7. The standard InChI is InChI=1S/C26H39N3O6/c1-6-21(17-23(31)34-7-2)27-24(32)20-9-8-14-29(18-20)22(30)11-10-19-12-15-28(16-13-19)25(33)35-26(3,4)5/h1,10-11,19-21H,7-9,12-18H2,2-5H3,(H,27,32)/b11-10+/t20-,21-/m1/s1. The number of amides is 3. The molecule has 2 heterocycles. The molecule has 3 amide bonds. The van der Waals surface area contributed by atoms with Crippen LogP contribution in [0.5, 0.6) is 0 Å². The SMILES string of the molecule is C#C[C@H](CC(=O)OCC)NC(=O)[C@@H]1CCCN(C(=O)/C=C/C2CCN(C(=O)OC(C)(C)C)CC2)C1. The maximum atomic E-state index is 12.8. The van der Waals surface area contributed by atoms with Crippen molar-refractivity contribution in [2.75, 3.05) is 32.8 Å². The van der Waals surface area contributed by atoms with E-state index in [9.17, 15) is 19.2 Å². The molecule has 0 aromatic carbocycles. The minimum atomic E-state index is -0.737. The first-order valence-electron chi connectivity index (χ1n) is 12.4. The van der Waals surface area contributed by atoms with E-state index in [0.717, 1.165) is 12.8 Å². The van der Waals surface area contributed by atoms with Gasteiger partial charge in [0.1, 0.15) is 11.6 Å². The average molecular weight is 490 g/mol. The van der Waals surface area contributed by atoms with Crippen LogP contribution in [0.3, 0.4) is 0 Å². The third-order valence-electron chi connectivity index (χ3n) is 6.00. The van der Waals surface area contributed by atoms with Crippen molar-refractivity contribution in [3.8, 4) is 12.3 Å². The van der Waals surface area contributed by atoms with Gasteiger partial charge in [0, 0.05) is 26.2 Å². The van der Waals surface area contributed by atoms with Crippen LogP contribution in [0.4, 0.5) is 4.79 Å². The van der Waals surface area contributed by atoms with Gasteiger partial charge in [-0.1, -0.05) is 12.0 Å². The Morgan fingerprint density at radius 1 is 1.11 bits per heavy atom. The Kier molecular flexibility index (Phi) is 10.6. The van der Waals surface area contributed by atoms with Gasteiger partial charge in [0.15, 0.2) is 0 Å². The summed E-state index contributed by atoms with van der Waals surface area (Å²) in [5.74, 6) is 1.40. The zero-order valence-electron chi connectivity index (χ0n) is 21.4. The number of hydrogen-bond acceptors (Lipinski definition) is 6. The number of hydrogen-bond donors (Lipinski definition) is 1. The average Bonchev–Trinajstić information content (AvgIpc) is 2.81. The van der Waals surface area contributed by atoms with Gasteiger partial charge in [-0.3, -0.25) is 14.4 Å². The van der Waals surface area contributed by atoms with Gasteiger partial charge in [-0.25, -0.2) is 4.79 Å². The number of esters is 1. The van der Waals surface area contributed by atoms with E-state index >= 15 is 0 Å². The van der Waals surface area contributed by atoms with Crippen molar-refractivity contribution in [1.29, 1.82) is 0 Å². The van der Waals surface area contributed by atoms with Gasteiger partial charge in [0.05, 0.1) is 18.9 Å². The van der Waals surface area contributed by atoms with Crippen molar-refractivity contribution < 1.29 is 28.7 Å². The number of ether oxygens (including phenoxy) is 2. The molecular formula is C26H39N3O6. The Morgan fingerprint density at radius 2 is 1.80 bits per heavy atom. The van der Waals surface area contributed by atoms with Crippen LogP contribution in [0.15, 0.2) is 12.2 Å². The molecule has 9 heteroatoms. The minimum absolute atomic E-state index is 0.0824. The molecule has 2 saturated heterocycles. The number of likely N-dealkylation sites (tertiary alicyclic amines) is 2. The Hall–Kier alpha value is -3.02. The second-order valence-electron chi connectivity index (χ2n) is 10.0. The number of allylic oxidation sites excluding steroid dienone is 1. The van der Waals surface area contributed by atoms with Crippen molar-refractivity contribution >= 4 is 23.9 Å². The van der Waals surface area contributed by atoms with Gasteiger partial charge in [0.25, 0.3) is 0 Å². The molecule has 35 heavy (non-hydrogen) atoms. The Morgan fingerprint density at radius 3 is 2.40 bits per heavy atom. The van der Waals surface area contributed by atoms with Crippen molar-refractivity contribution in [1.82, 2.24) is 15.1 Å². The van der Waals surface area contributed by atoms with Gasteiger partial charge in [-0.05, 0) is 65.4 Å². The summed E-state index contributed by atoms with van der Waals surface area (Å²) < 4.78 is 10.3. The van der Waals surface area contributed by atoms with Crippen LogP contribution in [0, 0.1) is 24.2 Å². The monoisotopic (exact) mass is 489 g/mol. The highest BCUT2D eigenvalue weighted by Gasteiger charge is 2.30. The Balaban J connectivity index is 1.81. The lowest BCUT2D eigenvalue weighted by Gasteiger charge is -2.33. The summed E-state index contributed by atoms with van der Waals surface area (Å²) in [5, 5.41) is 2.72. The van der Waals surface area contributed by atoms with Gasteiger partial charge >= 0.3 is 12.1 Å². The second-order valence-corrected chi connectivity index (χ2v) is 10.0. The van der Waals surface area contributed by atoms with Gasteiger partial charge in [-0.15, -0.1) is 6.42 Å². The molecule has 2 aliphatic rings. The van der Waals surface area contributed by atoms with E-state index < -0.39 is 17.6 Å². The molecule has 0 saturated carbocycles. The molecule has 1 N–H and O–H groups in total. The second kappa shape index (κ2) is 13.2. The molecule has 194 valence electrons. The van der Waals surface area contributed by atoms with E-state index in [1.165, 1.54) is 0 Å². The predicted octanol–water partition coefficient (Wildman–Crippen LogP) is 2.50. The summed E-state index contributed by atoms with van der Waals surface area (Å²) in [6.07, 6.45) is 11.5. The third kappa shape index (κ3) is 9.63. The smallest absolute Gasteiger partial charge is 0.410 e. The van der Waals surface area contributed by atoms with Crippen LogP contribution in [-0.2, 0) is 23.9 Å². The zero-order valence-corrected chi connectivity index (χ0v) is 21.4. The quantitative estimate of drug-likeness (QED) is 0.335. The number of carbonyl (C=O) groups excluding carboxylic acids is 4. The molecule has 2 fully saturated rings. The van der Waals surface area contributed by atoms with Crippen LogP contribution in [0.25, 0.3) is 0 Å². The molecule has 0 radical (unpaired) electrons. The number of nitrogens with one attached hydrogen (secondary N) is 1. The van der Waals surface area contributed by atoms with E-state index in [0.29, 0.717) is 39.0 Å². The first-order chi connectivity index (χ1) is 16.5. The number of piperidine rings is 2. The fourth-order valence-corrected chi connectivity index (χ4v) is 4.14. The zero-order chi connectivity index (χ0) is 26.0. The molecule has 0 aromatic rings. The normalized spacial score (nSPS) is 20.1. The van der Waals surface area contributed by atoms with E-state index in [4.69, 9.17) is 15.9 Å². The lowest BCUT2D eigenvalue weighted by atomic mass is 9.95. The van der Waals surface area contributed by atoms with Crippen LogP contribution in [-0.4, -0.2) is 78.1 Å². The third-order valence-corrected chi connectivity index (χ3v) is 6.00. The first kappa shape index (κ1) is 28.2.